The van der Waals surface area contributed by atoms with Gasteiger partial charge in [-0.05, 0) is 18.8 Å². The Morgan fingerprint density at radius 2 is 1.72 bits per heavy atom. The van der Waals surface area contributed by atoms with Crippen LogP contribution in [-0.2, 0) is 14.4 Å². The van der Waals surface area contributed by atoms with E-state index in [-0.39, 0.29) is 23.8 Å². The Labute approximate surface area is 107 Å². The third-order valence-corrected chi connectivity index (χ3v) is 2.94. The highest BCUT2D eigenvalue weighted by Gasteiger charge is 2.34. The molecule has 5 nitrogen and oxygen atoms in total. The van der Waals surface area contributed by atoms with Crippen LogP contribution in [0.4, 0.5) is 0 Å². The van der Waals surface area contributed by atoms with Crippen molar-refractivity contribution in [1.82, 2.24) is 4.90 Å². The first-order valence-electron chi connectivity index (χ1n) is 5.93. The van der Waals surface area contributed by atoms with Gasteiger partial charge in [0, 0.05) is 30.7 Å². The topological polar surface area (TPSA) is 80.5 Å². The van der Waals surface area contributed by atoms with Gasteiger partial charge >= 0.3 is 0 Å². The van der Waals surface area contributed by atoms with Crippen LogP contribution in [0.3, 0.4) is 0 Å². The Balaban J connectivity index is 2.67. The summed E-state index contributed by atoms with van der Waals surface area (Å²) >= 11 is 0. The minimum Gasteiger partial charge on any atom is -0.324 e. The number of nitrogens with zero attached hydrogens (tertiary/aromatic N) is 1. The zero-order valence-electron chi connectivity index (χ0n) is 11.1. The molecule has 2 amide bonds. The second kappa shape index (κ2) is 5.02. The molecule has 0 fully saturated rings. The molecule has 0 radical (unpaired) electrons. The van der Waals surface area contributed by atoms with Crippen LogP contribution in [-0.4, -0.2) is 35.1 Å². The van der Waals surface area contributed by atoms with Gasteiger partial charge in [-0.15, -0.1) is 0 Å². The maximum atomic E-state index is 11.5. The zero-order chi connectivity index (χ0) is 14.0. The number of hydrogen-bond acceptors (Lipinski definition) is 4. The van der Waals surface area contributed by atoms with E-state index in [2.05, 4.69) is 0 Å². The third-order valence-electron chi connectivity index (χ3n) is 2.94. The fraction of sp³-hybridized carbons (Fsp3) is 0.615. The Hall–Kier alpha value is -1.49. The lowest BCUT2D eigenvalue weighted by Gasteiger charge is -2.35. The normalized spacial score (nSPS) is 19.2. The van der Waals surface area contributed by atoms with Crippen LogP contribution < -0.4 is 5.73 Å². The summed E-state index contributed by atoms with van der Waals surface area (Å²) in [6.45, 7) is 5.84. The van der Waals surface area contributed by atoms with Gasteiger partial charge in [-0.2, -0.15) is 0 Å². The minimum absolute atomic E-state index is 0.167. The van der Waals surface area contributed by atoms with E-state index in [1.54, 1.807) is 6.92 Å². The molecular formula is C13H20N2O3. The maximum absolute atomic E-state index is 11.5. The van der Waals surface area contributed by atoms with Crippen molar-refractivity contribution >= 4 is 18.1 Å². The molecule has 0 aromatic heterocycles. The molecule has 18 heavy (non-hydrogen) atoms. The number of hydrogen-bond donors (Lipinski definition) is 1. The summed E-state index contributed by atoms with van der Waals surface area (Å²) in [6.07, 6.45) is 4.31. The van der Waals surface area contributed by atoms with E-state index in [1.165, 1.54) is 12.2 Å². The standard InChI is InChI=1S/C13H20N2O3/c1-12(2,6-7-16)8-13(3,14)9-15-10(17)4-5-11(15)18/h4-5,7H,6,8-9,14H2,1-3H3. The summed E-state index contributed by atoms with van der Waals surface area (Å²) in [5.41, 5.74) is 5.20. The summed E-state index contributed by atoms with van der Waals surface area (Å²) < 4.78 is 0. The first-order valence-corrected chi connectivity index (χ1v) is 5.93. The second-order valence-electron chi connectivity index (χ2n) is 5.96. The molecule has 0 aromatic carbocycles. The average molecular weight is 252 g/mol. The summed E-state index contributed by atoms with van der Waals surface area (Å²) in [7, 11) is 0. The number of amides is 2. The molecule has 1 aliphatic heterocycles. The molecule has 100 valence electrons. The summed E-state index contributed by atoms with van der Waals surface area (Å²) in [4.78, 5) is 34.6. The first-order chi connectivity index (χ1) is 8.17. The number of carbonyl (C=O) groups is 3. The summed E-state index contributed by atoms with van der Waals surface area (Å²) in [6, 6.07) is 0. The Kier molecular flexibility index (Phi) is 4.06. The van der Waals surface area contributed by atoms with Gasteiger partial charge in [-0.3, -0.25) is 14.5 Å². The second-order valence-corrected chi connectivity index (χ2v) is 5.96. The predicted molar refractivity (Wildman–Crippen MR) is 67.5 cm³/mol. The molecule has 0 saturated carbocycles. The molecule has 0 bridgehead atoms. The van der Waals surface area contributed by atoms with Gasteiger partial charge in [0.05, 0.1) is 0 Å². The van der Waals surface area contributed by atoms with Gasteiger partial charge < -0.3 is 10.5 Å². The lowest BCUT2D eigenvalue weighted by molar-refractivity contribution is -0.138. The van der Waals surface area contributed by atoms with Crippen molar-refractivity contribution in [3.63, 3.8) is 0 Å². The molecule has 2 N–H and O–H groups in total. The molecule has 0 spiro atoms. The maximum Gasteiger partial charge on any atom is 0.253 e. The zero-order valence-corrected chi connectivity index (χ0v) is 11.1. The molecule has 1 heterocycles. The lowest BCUT2D eigenvalue weighted by Crippen LogP contribution is -2.51. The predicted octanol–water partition coefficient (Wildman–Crippen LogP) is 0.634. The quantitative estimate of drug-likeness (QED) is 0.555. The SMILES string of the molecule is CC(C)(CC=O)CC(C)(N)CN1C(=O)C=CC1=O. The highest BCUT2D eigenvalue weighted by molar-refractivity contribution is 6.12. The Morgan fingerprint density at radius 1 is 1.22 bits per heavy atom. The lowest BCUT2D eigenvalue weighted by atomic mass is 9.77. The highest BCUT2D eigenvalue weighted by atomic mass is 16.2. The van der Waals surface area contributed by atoms with Crippen molar-refractivity contribution in [2.24, 2.45) is 11.1 Å². The van der Waals surface area contributed by atoms with Crippen molar-refractivity contribution in [1.29, 1.82) is 0 Å². The van der Waals surface area contributed by atoms with Gasteiger partial charge in [0.15, 0.2) is 0 Å². The van der Waals surface area contributed by atoms with Crippen molar-refractivity contribution < 1.29 is 14.4 Å². The van der Waals surface area contributed by atoms with Crippen molar-refractivity contribution in [3.8, 4) is 0 Å². The van der Waals surface area contributed by atoms with Crippen LogP contribution in [0.15, 0.2) is 12.2 Å². The molecule has 0 aromatic rings. The van der Waals surface area contributed by atoms with Crippen LogP contribution in [0.2, 0.25) is 0 Å². The molecule has 0 saturated heterocycles. The molecule has 1 atom stereocenters. The molecule has 5 heteroatoms. The van der Waals surface area contributed by atoms with Gasteiger partial charge in [0.2, 0.25) is 0 Å². The average Bonchev–Trinajstić information content (AvgIpc) is 2.47. The van der Waals surface area contributed by atoms with Crippen LogP contribution in [0.5, 0.6) is 0 Å². The Morgan fingerprint density at radius 3 is 2.17 bits per heavy atom. The van der Waals surface area contributed by atoms with Crippen LogP contribution in [0, 0.1) is 5.41 Å². The van der Waals surface area contributed by atoms with E-state index < -0.39 is 5.54 Å². The summed E-state index contributed by atoms with van der Waals surface area (Å²) in [5.74, 6) is -0.658. The minimum atomic E-state index is -0.705. The molecule has 1 aliphatic rings. The van der Waals surface area contributed by atoms with E-state index in [1.807, 2.05) is 13.8 Å². The molecule has 0 aliphatic carbocycles. The number of aldehydes is 1. The monoisotopic (exact) mass is 252 g/mol. The number of imide groups is 1. The van der Waals surface area contributed by atoms with E-state index in [0.29, 0.717) is 12.8 Å². The van der Waals surface area contributed by atoms with E-state index >= 15 is 0 Å². The van der Waals surface area contributed by atoms with Crippen LogP contribution in [0.1, 0.15) is 33.6 Å². The van der Waals surface area contributed by atoms with Crippen LogP contribution in [0.25, 0.3) is 0 Å². The largest absolute Gasteiger partial charge is 0.324 e. The fourth-order valence-electron chi connectivity index (χ4n) is 2.40. The molecule has 1 unspecified atom stereocenters. The van der Waals surface area contributed by atoms with E-state index in [4.69, 9.17) is 5.73 Å². The molecular weight excluding hydrogens is 232 g/mol. The van der Waals surface area contributed by atoms with E-state index in [9.17, 15) is 14.4 Å². The highest BCUT2D eigenvalue weighted by Crippen LogP contribution is 2.30. The van der Waals surface area contributed by atoms with Gasteiger partial charge in [-0.25, -0.2) is 0 Å². The smallest absolute Gasteiger partial charge is 0.253 e. The van der Waals surface area contributed by atoms with Crippen molar-refractivity contribution in [3.05, 3.63) is 12.2 Å². The van der Waals surface area contributed by atoms with Gasteiger partial charge in [0.1, 0.15) is 6.29 Å². The number of nitrogens with two attached hydrogens (primary N) is 1. The first kappa shape index (κ1) is 14.6. The summed E-state index contributed by atoms with van der Waals surface area (Å²) in [5, 5.41) is 0. The van der Waals surface area contributed by atoms with Gasteiger partial charge in [-0.1, -0.05) is 13.8 Å². The number of carbonyl (C=O) groups excluding carboxylic acids is 3. The molecule has 1 rings (SSSR count). The van der Waals surface area contributed by atoms with E-state index in [0.717, 1.165) is 11.2 Å². The van der Waals surface area contributed by atoms with Gasteiger partial charge in [0.25, 0.3) is 11.8 Å². The van der Waals surface area contributed by atoms with Crippen LogP contribution >= 0.6 is 0 Å². The Bertz CT molecular complexity index is 379. The third kappa shape index (κ3) is 3.77. The van der Waals surface area contributed by atoms with Crippen molar-refractivity contribution in [2.75, 3.05) is 6.54 Å². The van der Waals surface area contributed by atoms with Crippen molar-refractivity contribution in [2.45, 2.75) is 39.2 Å². The number of rotatable bonds is 6. The fourth-order valence-corrected chi connectivity index (χ4v) is 2.40.